The molecule has 20 heavy (non-hydrogen) atoms. The van der Waals surface area contributed by atoms with E-state index in [-0.39, 0.29) is 5.91 Å². The number of nitrogens with two attached hydrogens (primary N) is 1. The van der Waals surface area contributed by atoms with Crippen LogP contribution < -0.4 is 5.73 Å². The minimum Gasteiger partial charge on any atom is -0.393 e. The maximum absolute atomic E-state index is 12.4. The Labute approximate surface area is 137 Å². The van der Waals surface area contributed by atoms with Crippen molar-refractivity contribution in [3.63, 3.8) is 0 Å². The number of rotatable bonds is 7. The van der Waals surface area contributed by atoms with E-state index in [4.69, 9.17) is 34.3 Å². The molecule has 0 aliphatic heterocycles. The lowest BCUT2D eigenvalue weighted by Crippen LogP contribution is -2.36. The monoisotopic (exact) mass is 378 g/mol. The Morgan fingerprint density at radius 1 is 1.50 bits per heavy atom. The Hall–Kier alpha value is -0.690. The Kier molecular flexibility index (Phi) is 7.43. The van der Waals surface area contributed by atoms with E-state index in [0.29, 0.717) is 41.7 Å². The van der Waals surface area contributed by atoms with Crippen LogP contribution in [0.4, 0.5) is 0 Å². The molecule has 1 aromatic carbocycles. The first kappa shape index (κ1) is 17.4. The maximum Gasteiger partial charge on any atom is 0.253 e. The van der Waals surface area contributed by atoms with Crippen LogP contribution in [0, 0.1) is 0 Å². The van der Waals surface area contributed by atoms with Gasteiger partial charge in [-0.2, -0.15) is 0 Å². The van der Waals surface area contributed by atoms with Crippen LogP contribution >= 0.6 is 39.7 Å². The van der Waals surface area contributed by atoms with Crippen molar-refractivity contribution in [2.75, 3.05) is 26.8 Å². The van der Waals surface area contributed by atoms with Crippen LogP contribution in [0.25, 0.3) is 0 Å². The van der Waals surface area contributed by atoms with Gasteiger partial charge in [0.15, 0.2) is 0 Å². The first-order valence-corrected chi connectivity index (χ1v) is 7.55. The Morgan fingerprint density at radius 3 is 2.75 bits per heavy atom. The number of halogens is 2. The predicted molar refractivity (Wildman–Crippen MR) is 88.3 cm³/mol. The molecular weight excluding hydrogens is 364 g/mol. The summed E-state index contributed by atoms with van der Waals surface area (Å²) in [6, 6.07) is 5.10. The van der Waals surface area contributed by atoms with E-state index in [2.05, 4.69) is 15.9 Å². The molecule has 0 aliphatic rings. The van der Waals surface area contributed by atoms with Crippen molar-refractivity contribution < 1.29 is 9.53 Å². The second-order valence-corrected chi connectivity index (χ2v) is 5.92. The third-order valence-corrected chi connectivity index (χ3v) is 4.08. The zero-order chi connectivity index (χ0) is 15.1. The summed E-state index contributed by atoms with van der Waals surface area (Å²) in [5.74, 6) is -0.118. The van der Waals surface area contributed by atoms with Crippen molar-refractivity contribution >= 4 is 50.6 Å². The van der Waals surface area contributed by atoms with Gasteiger partial charge in [-0.3, -0.25) is 4.79 Å². The molecule has 0 saturated heterocycles. The summed E-state index contributed by atoms with van der Waals surface area (Å²) in [4.78, 5) is 14.5. The highest BCUT2D eigenvalue weighted by Gasteiger charge is 2.16. The highest BCUT2D eigenvalue weighted by Crippen LogP contribution is 2.23. The number of nitrogens with zero attached hydrogens (tertiary/aromatic N) is 1. The van der Waals surface area contributed by atoms with Gasteiger partial charge in [-0.15, -0.1) is 0 Å². The normalized spacial score (nSPS) is 10.3. The second-order valence-electron chi connectivity index (χ2n) is 4.13. The summed E-state index contributed by atoms with van der Waals surface area (Å²) in [6.45, 7) is 1.39. The molecule has 1 rings (SSSR count). The molecule has 0 unspecified atom stereocenters. The van der Waals surface area contributed by atoms with Crippen LogP contribution in [0.5, 0.6) is 0 Å². The van der Waals surface area contributed by atoms with Gasteiger partial charge in [-0.05, 0) is 34.1 Å². The van der Waals surface area contributed by atoms with Crippen molar-refractivity contribution in [3.8, 4) is 0 Å². The van der Waals surface area contributed by atoms with Crippen molar-refractivity contribution in [2.24, 2.45) is 5.73 Å². The van der Waals surface area contributed by atoms with Crippen molar-refractivity contribution in [1.29, 1.82) is 0 Å². The number of thiocarbonyl (C=S) groups is 1. The molecule has 4 nitrogen and oxygen atoms in total. The smallest absolute Gasteiger partial charge is 0.253 e. The Morgan fingerprint density at radius 2 is 2.20 bits per heavy atom. The quantitative estimate of drug-likeness (QED) is 0.740. The molecule has 0 bridgehead atoms. The third kappa shape index (κ3) is 5.36. The van der Waals surface area contributed by atoms with Crippen molar-refractivity contribution in [3.05, 3.63) is 33.3 Å². The maximum atomic E-state index is 12.4. The second kappa shape index (κ2) is 8.56. The average molecular weight is 380 g/mol. The minimum atomic E-state index is -0.118. The van der Waals surface area contributed by atoms with Gasteiger partial charge in [0, 0.05) is 36.7 Å². The SMILES string of the molecule is COCCN(CCC(N)=S)C(=O)c1ccc(Br)c(Cl)c1. The largest absolute Gasteiger partial charge is 0.393 e. The summed E-state index contributed by atoms with van der Waals surface area (Å²) in [6.07, 6.45) is 0.481. The number of carbonyl (C=O) groups excluding carboxylic acids is 1. The summed E-state index contributed by atoms with van der Waals surface area (Å²) in [7, 11) is 1.59. The highest BCUT2D eigenvalue weighted by molar-refractivity contribution is 9.10. The summed E-state index contributed by atoms with van der Waals surface area (Å²) < 4.78 is 5.77. The Balaban J connectivity index is 2.84. The zero-order valence-corrected chi connectivity index (χ0v) is 14.2. The standard InChI is InChI=1S/C13H16BrClN2O2S/c1-19-7-6-17(5-4-12(16)20)13(18)9-2-3-10(14)11(15)8-9/h2-3,8H,4-7H2,1H3,(H2,16,20). The lowest BCUT2D eigenvalue weighted by Gasteiger charge is -2.22. The van der Waals surface area contributed by atoms with E-state index in [9.17, 15) is 4.79 Å². The number of hydrogen-bond donors (Lipinski definition) is 1. The topological polar surface area (TPSA) is 55.6 Å². The molecule has 0 radical (unpaired) electrons. The number of methoxy groups -OCH3 is 1. The van der Waals surface area contributed by atoms with Gasteiger partial charge < -0.3 is 15.4 Å². The average Bonchev–Trinajstić information content (AvgIpc) is 2.41. The molecule has 1 aromatic rings. The molecular formula is C13H16BrClN2O2S. The summed E-state index contributed by atoms with van der Waals surface area (Å²) >= 11 is 14.2. The molecule has 7 heteroatoms. The predicted octanol–water partition coefficient (Wildman–Crippen LogP) is 2.87. The van der Waals surface area contributed by atoms with E-state index >= 15 is 0 Å². The van der Waals surface area contributed by atoms with Crippen LogP contribution in [0.15, 0.2) is 22.7 Å². The zero-order valence-electron chi connectivity index (χ0n) is 11.1. The Bertz CT molecular complexity index is 499. The van der Waals surface area contributed by atoms with Crippen LogP contribution in [0.1, 0.15) is 16.8 Å². The summed E-state index contributed by atoms with van der Waals surface area (Å²) in [5, 5.41) is 0.497. The molecule has 2 N–H and O–H groups in total. The van der Waals surface area contributed by atoms with Gasteiger partial charge in [0.1, 0.15) is 0 Å². The fourth-order valence-electron chi connectivity index (χ4n) is 1.57. The fourth-order valence-corrected chi connectivity index (χ4v) is 2.09. The number of ether oxygens (including phenoxy) is 1. The van der Waals surface area contributed by atoms with E-state index < -0.39 is 0 Å². The van der Waals surface area contributed by atoms with Gasteiger partial charge in [-0.25, -0.2) is 0 Å². The lowest BCUT2D eigenvalue weighted by molar-refractivity contribution is 0.0701. The molecule has 0 aromatic heterocycles. The molecule has 0 fully saturated rings. The third-order valence-electron chi connectivity index (χ3n) is 2.65. The lowest BCUT2D eigenvalue weighted by atomic mass is 10.2. The van der Waals surface area contributed by atoms with Crippen LogP contribution in [-0.2, 0) is 4.74 Å². The molecule has 0 heterocycles. The van der Waals surface area contributed by atoms with E-state index in [1.807, 2.05) is 0 Å². The van der Waals surface area contributed by atoms with Gasteiger partial charge in [0.2, 0.25) is 0 Å². The van der Waals surface area contributed by atoms with E-state index in [1.165, 1.54) is 0 Å². The molecule has 0 atom stereocenters. The fraction of sp³-hybridized carbons (Fsp3) is 0.385. The molecule has 0 spiro atoms. The molecule has 110 valence electrons. The molecule has 1 amide bonds. The van der Waals surface area contributed by atoms with Gasteiger partial charge >= 0.3 is 0 Å². The number of hydrogen-bond acceptors (Lipinski definition) is 3. The van der Waals surface area contributed by atoms with Gasteiger partial charge in [-0.1, -0.05) is 23.8 Å². The summed E-state index contributed by atoms with van der Waals surface area (Å²) in [5.41, 5.74) is 6.01. The van der Waals surface area contributed by atoms with Crippen LogP contribution in [0.2, 0.25) is 5.02 Å². The van der Waals surface area contributed by atoms with E-state index in [0.717, 1.165) is 4.47 Å². The van der Waals surface area contributed by atoms with Crippen LogP contribution in [-0.4, -0.2) is 42.6 Å². The highest BCUT2D eigenvalue weighted by atomic mass is 79.9. The first-order chi connectivity index (χ1) is 9.45. The van der Waals surface area contributed by atoms with Gasteiger partial charge in [0.05, 0.1) is 16.6 Å². The van der Waals surface area contributed by atoms with Crippen molar-refractivity contribution in [2.45, 2.75) is 6.42 Å². The van der Waals surface area contributed by atoms with Crippen molar-refractivity contribution in [1.82, 2.24) is 4.90 Å². The first-order valence-electron chi connectivity index (χ1n) is 5.97. The molecule has 0 saturated carbocycles. The van der Waals surface area contributed by atoms with E-state index in [1.54, 1.807) is 30.2 Å². The molecule has 0 aliphatic carbocycles. The number of benzene rings is 1. The minimum absolute atomic E-state index is 0.118. The van der Waals surface area contributed by atoms with Crippen LogP contribution in [0.3, 0.4) is 0 Å². The number of carbonyl (C=O) groups is 1. The number of amides is 1. The van der Waals surface area contributed by atoms with Gasteiger partial charge in [0.25, 0.3) is 5.91 Å².